The molecular weight excluding hydrogens is 384 g/mol. The third-order valence-electron chi connectivity index (χ3n) is 4.36. The van der Waals surface area contributed by atoms with Crippen molar-refractivity contribution in [1.29, 1.82) is 0 Å². The number of carbonyl (C=O) groups excluding carboxylic acids is 2. The Kier molecular flexibility index (Phi) is 6.79. The van der Waals surface area contributed by atoms with Crippen LogP contribution in [0.4, 0.5) is 11.4 Å². The number of aromatic nitrogens is 2. The first kappa shape index (κ1) is 21.0. The van der Waals surface area contributed by atoms with E-state index in [0.29, 0.717) is 36.0 Å². The fourth-order valence-corrected chi connectivity index (χ4v) is 2.73. The van der Waals surface area contributed by atoms with Crippen LogP contribution in [0.2, 0.25) is 0 Å². The lowest BCUT2D eigenvalue weighted by Crippen LogP contribution is -2.12. The van der Waals surface area contributed by atoms with E-state index in [4.69, 9.17) is 9.26 Å². The molecule has 8 heteroatoms. The Morgan fingerprint density at radius 3 is 2.40 bits per heavy atom. The molecule has 3 aromatic rings. The maximum absolute atomic E-state index is 12.2. The average molecular weight is 408 g/mol. The summed E-state index contributed by atoms with van der Waals surface area (Å²) in [4.78, 5) is 30.2. The van der Waals surface area contributed by atoms with E-state index in [0.717, 1.165) is 11.3 Å². The summed E-state index contributed by atoms with van der Waals surface area (Å²) in [5.74, 6) is 0.313. The van der Waals surface area contributed by atoms with Crippen molar-refractivity contribution in [2.24, 2.45) is 0 Å². The smallest absolute Gasteiger partial charge is 0.338 e. The van der Waals surface area contributed by atoms with Gasteiger partial charge in [-0.1, -0.05) is 5.16 Å². The topological polar surface area (TPSA) is 97.6 Å². The number of hydrogen-bond acceptors (Lipinski definition) is 7. The number of nitrogens with zero attached hydrogens (tertiary/aromatic N) is 3. The van der Waals surface area contributed by atoms with Crippen LogP contribution in [0.15, 0.2) is 53.1 Å². The van der Waals surface area contributed by atoms with Gasteiger partial charge in [-0.15, -0.1) is 0 Å². The summed E-state index contributed by atoms with van der Waals surface area (Å²) in [6, 6.07) is 14.4. The van der Waals surface area contributed by atoms with Crippen molar-refractivity contribution < 1.29 is 18.8 Å². The van der Waals surface area contributed by atoms with Crippen LogP contribution in [0.1, 0.15) is 29.6 Å². The van der Waals surface area contributed by atoms with E-state index in [1.54, 1.807) is 31.2 Å². The molecule has 1 aromatic heterocycles. The van der Waals surface area contributed by atoms with Crippen LogP contribution in [-0.2, 0) is 16.0 Å². The second kappa shape index (κ2) is 9.69. The van der Waals surface area contributed by atoms with E-state index in [9.17, 15) is 9.59 Å². The summed E-state index contributed by atoms with van der Waals surface area (Å²) in [5, 5.41) is 6.77. The van der Waals surface area contributed by atoms with Gasteiger partial charge in [0.05, 0.1) is 12.2 Å². The molecule has 156 valence electrons. The molecule has 0 radical (unpaired) electrons. The maximum atomic E-state index is 12.2. The zero-order valence-corrected chi connectivity index (χ0v) is 17.2. The molecular formula is C22H24N4O4. The number of amides is 1. The van der Waals surface area contributed by atoms with Gasteiger partial charge in [-0.3, -0.25) is 4.79 Å². The summed E-state index contributed by atoms with van der Waals surface area (Å²) in [5.41, 5.74) is 2.96. The molecule has 1 N–H and O–H groups in total. The quantitative estimate of drug-likeness (QED) is 0.569. The number of benzene rings is 2. The minimum Gasteiger partial charge on any atom is -0.462 e. The molecule has 1 amide bonds. The van der Waals surface area contributed by atoms with Crippen molar-refractivity contribution >= 4 is 23.3 Å². The minimum atomic E-state index is -0.390. The highest BCUT2D eigenvalue weighted by atomic mass is 16.5. The number of hydrogen-bond donors (Lipinski definition) is 1. The van der Waals surface area contributed by atoms with Gasteiger partial charge in [-0.05, 0) is 55.5 Å². The molecule has 0 aliphatic rings. The normalized spacial score (nSPS) is 10.5. The number of ether oxygens (including phenoxy) is 1. The van der Waals surface area contributed by atoms with Gasteiger partial charge in [0.2, 0.25) is 17.6 Å². The molecule has 30 heavy (non-hydrogen) atoms. The molecule has 0 aliphatic carbocycles. The maximum Gasteiger partial charge on any atom is 0.338 e. The molecule has 3 rings (SSSR count). The number of rotatable bonds is 8. The van der Waals surface area contributed by atoms with E-state index in [1.807, 2.05) is 43.3 Å². The first-order valence-corrected chi connectivity index (χ1v) is 9.63. The summed E-state index contributed by atoms with van der Waals surface area (Å²) in [6.07, 6.45) is 0.524. The number of anilines is 2. The molecule has 1 heterocycles. The van der Waals surface area contributed by atoms with Crippen LogP contribution < -0.4 is 10.2 Å². The molecule has 0 saturated carbocycles. The number of aryl methyl sites for hydroxylation is 1. The fraction of sp³-hybridized carbons (Fsp3) is 0.273. The van der Waals surface area contributed by atoms with Gasteiger partial charge in [0.25, 0.3) is 0 Å². The Labute approximate surface area is 174 Å². The van der Waals surface area contributed by atoms with Crippen molar-refractivity contribution in [3.63, 3.8) is 0 Å². The molecule has 0 atom stereocenters. The third kappa shape index (κ3) is 5.44. The Bertz CT molecular complexity index is 995. The monoisotopic (exact) mass is 408 g/mol. The van der Waals surface area contributed by atoms with Gasteiger partial charge in [0, 0.05) is 43.9 Å². The highest BCUT2D eigenvalue weighted by Gasteiger charge is 2.12. The average Bonchev–Trinajstić information content (AvgIpc) is 3.22. The van der Waals surface area contributed by atoms with Crippen molar-refractivity contribution in [1.82, 2.24) is 10.1 Å². The molecule has 0 spiro atoms. The van der Waals surface area contributed by atoms with E-state index >= 15 is 0 Å². The standard InChI is InChI=1S/C22H24N4O4/c1-4-29-22(28)16-5-9-17(10-6-16)23-19(27)13-14-20-24-21(25-30-20)15-7-11-18(12-8-15)26(2)3/h5-12H,4,13-14H2,1-3H3,(H,23,27). The second-order valence-electron chi connectivity index (χ2n) is 6.80. The van der Waals surface area contributed by atoms with E-state index in [2.05, 4.69) is 15.5 Å². The van der Waals surface area contributed by atoms with Gasteiger partial charge < -0.3 is 19.5 Å². The predicted octanol–water partition coefficient (Wildman–Crippen LogP) is 3.55. The van der Waals surface area contributed by atoms with Gasteiger partial charge >= 0.3 is 5.97 Å². The van der Waals surface area contributed by atoms with Gasteiger partial charge in [0.15, 0.2) is 0 Å². The molecule has 0 aliphatic heterocycles. The van der Waals surface area contributed by atoms with Gasteiger partial charge in [-0.2, -0.15) is 4.98 Å². The van der Waals surface area contributed by atoms with Crippen LogP contribution in [0, 0.1) is 0 Å². The Morgan fingerprint density at radius 1 is 1.07 bits per heavy atom. The summed E-state index contributed by atoms with van der Waals surface area (Å²) >= 11 is 0. The number of nitrogens with one attached hydrogen (secondary N) is 1. The van der Waals surface area contributed by atoms with E-state index < -0.39 is 0 Å². The Hall–Kier alpha value is -3.68. The minimum absolute atomic E-state index is 0.186. The third-order valence-corrected chi connectivity index (χ3v) is 4.36. The van der Waals surface area contributed by atoms with Crippen LogP contribution in [0.3, 0.4) is 0 Å². The zero-order chi connectivity index (χ0) is 21.5. The molecule has 0 unspecified atom stereocenters. The fourth-order valence-electron chi connectivity index (χ4n) is 2.73. The first-order chi connectivity index (χ1) is 14.5. The van der Waals surface area contributed by atoms with Crippen LogP contribution >= 0.6 is 0 Å². The van der Waals surface area contributed by atoms with E-state index in [1.165, 1.54) is 0 Å². The Morgan fingerprint density at radius 2 is 1.77 bits per heavy atom. The van der Waals surface area contributed by atoms with Gasteiger partial charge in [0.1, 0.15) is 0 Å². The van der Waals surface area contributed by atoms with Crippen molar-refractivity contribution in [3.05, 3.63) is 60.0 Å². The first-order valence-electron chi connectivity index (χ1n) is 9.63. The summed E-state index contributed by atoms with van der Waals surface area (Å²) in [7, 11) is 3.95. The van der Waals surface area contributed by atoms with Crippen LogP contribution in [0.5, 0.6) is 0 Å². The lowest BCUT2D eigenvalue weighted by atomic mass is 10.2. The summed E-state index contributed by atoms with van der Waals surface area (Å²) in [6.45, 7) is 2.07. The lowest BCUT2D eigenvalue weighted by Gasteiger charge is -2.11. The Balaban J connectivity index is 1.52. The van der Waals surface area contributed by atoms with Crippen LogP contribution in [-0.4, -0.2) is 42.7 Å². The predicted molar refractivity (Wildman–Crippen MR) is 113 cm³/mol. The number of carbonyl (C=O) groups is 2. The van der Waals surface area contributed by atoms with Crippen molar-refractivity contribution in [2.75, 3.05) is 30.9 Å². The molecule has 0 bridgehead atoms. The summed E-state index contributed by atoms with van der Waals surface area (Å²) < 4.78 is 10.2. The van der Waals surface area contributed by atoms with Crippen molar-refractivity contribution in [3.8, 4) is 11.4 Å². The lowest BCUT2D eigenvalue weighted by molar-refractivity contribution is -0.116. The van der Waals surface area contributed by atoms with Gasteiger partial charge in [-0.25, -0.2) is 4.79 Å². The molecule has 2 aromatic carbocycles. The molecule has 8 nitrogen and oxygen atoms in total. The molecule has 0 saturated heterocycles. The van der Waals surface area contributed by atoms with E-state index in [-0.39, 0.29) is 18.3 Å². The van der Waals surface area contributed by atoms with Crippen LogP contribution in [0.25, 0.3) is 11.4 Å². The highest BCUT2D eigenvalue weighted by molar-refractivity contribution is 5.93. The zero-order valence-electron chi connectivity index (χ0n) is 17.2. The number of esters is 1. The largest absolute Gasteiger partial charge is 0.462 e. The second-order valence-corrected chi connectivity index (χ2v) is 6.80. The highest BCUT2D eigenvalue weighted by Crippen LogP contribution is 2.20. The van der Waals surface area contributed by atoms with Crippen molar-refractivity contribution in [2.45, 2.75) is 19.8 Å². The SMILES string of the molecule is CCOC(=O)c1ccc(NC(=O)CCc2nc(-c3ccc(N(C)C)cc3)no2)cc1. The molecule has 0 fully saturated rings.